The van der Waals surface area contributed by atoms with Crippen LogP contribution in [0.25, 0.3) is 0 Å². The maximum absolute atomic E-state index is 12.4. The molecule has 31 heavy (non-hydrogen) atoms. The fourth-order valence-electron chi connectivity index (χ4n) is 3.44. The molecule has 8 heteroatoms. The van der Waals surface area contributed by atoms with Crippen molar-refractivity contribution in [3.8, 4) is 0 Å². The van der Waals surface area contributed by atoms with Crippen LogP contribution in [0.4, 0.5) is 4.79 Å². The highest BCUT2D eigenvalue weighted by molar-refractivity contribution is 5.94. The van der Waals surface area contributed by atoms with Gasteiger partial charge in [0.05, 0.1) is 6.33 Å². The van der Waals surface area contributed by atoms with Crippen LogP contribution in [0.5, 0.6) is 0 Å². The topological polar surface area (TPSA) is 79.7 Å². The molecule has 2 amide bonds. The standard InChI is InChI=1S/C23H33N5O3/c1-23(2,3)31-22(30)28-15-13-26(14-16-28)11-4-9-25-21(29)20-7-5-19(6-8-20)17-27-12-10-24-18-27/h5-8,10,12,18H,4,9,11,13-17H2,1-3H3,(H,25,29). The SMILES string of the molecule is CC(C)(C)OC(=O)N1CCN(CCCNC(=O)c2ccc(Cn3ccnc3)cc2)CC1. The molecule has 1 saturated heterocycles. The molecule has 0 saturated carbocycles. The van der Waals surface area contributed by atoms with Crippen LogP contribution in [-0.4, -0.2) is 76.2 Å². The summed E-state index contributed by atoms with van der Waals surface area (Å²) in [4.78, 5) is 32.6. The van der Waals surface area contributed by atoms with Gasteiger partial charge in [0.15, 0.2) is 0 Å². The van der Waals surface area contributed by atoms with Gasteiger partial charge in [0.1, 0.15) is 5.60 Å². The Morgan fingerprint density at radius 3 is 2.42 bits per heavy atom. The van der Waals surface area contributed by atoms with Crippen LogP contribution in [0.1, 0.15) is 43.1 Å². The number of hydrogen-bond donors (Lipinski definition) is 1. The van der Waals surface area contributed by atoms with Gasteiger partial charge in [0, 0.05) is 57.2 Å². The highest BCUT2D eigenvalue weighted by Crippen LogP contribution is 2.12. The lowest BCUT2D eigenvalue weighted by Gasteiger charge is -2.35. The molecule has 0 atom stereocenters. The van der Waals surface area contributed by atoms with Crippen molar-refractivity contribution in [3.05, 3.63) is 54.1 Å². The number of aromatic nitrogens is 2. The van der Waals surface area contributed by atoms with Crippen molar-refractivity contribution in [1.82, 2.24) is 24.7 Å². The zero-order valence-electron chi connectivity index (χ0n) is 18.7. The Labute approximate surface area is 184 Å². The maximum Gasteiger partial charge on any atom is 0.410 e. The molecule has 0 unspecified atom stereocenters. The van der Waals surface area contributed by atoms with Crippen LogP contribution in [0.15, 0.2) is 43.0 Å². The lowest BCUT2D eigenvalue weighted by atomic mass is 10.1. The fraction of sp³-hybridized carbons (Fsp3) is 0.522. The Kier molecular flexibility index (Phi) is 7.68. The average molecular weight is 428 g/mol. The smallest absolute Gasteiger partial charge is 0.410 e. The number of amides is 2. The van der Waals surface area contributed by atoms with Crippen molar-refractivity contribution in [3.63, 3.8) is 0 Å². The molecule has 1 aliphatic heterocycles. The molecule has 1 aromatic heterocycles. The van der Waals surface area contributed by atoms with E-state index in [1.807, 2.05) is 55.8 Å². The van der Waals surface area contributed by atoms with Gasteiger partial charge in [-0.2, -0.15) is 0 Å². The number of benzene rings is 1. The van der Waals surface area contributed by atoms with E-state index in [0.717, 1.165) is 38.2 Å². The zero-order chi connectivity index (χ0) is 22.3. The number of hydrogen-bond acceptors (Lipinski definition) is 5. The third-order valence-electron chi connectivity index (χ3n) is 5.10. The molecule has 0 aliphatic carbocycles. The zero-order valence-corrected chi connectivity index (χ0v) is 18.7. The van der Waals surface area contributed by atoms with Crippen LogP contribution in [0.2, 0.25) is 0 Å². The largest absolute Gasteiger partial charge is 0.444 e. The van der Waals surface area contributed by atoms with Gasteiger partial charge in [0.25, 0.3) is 5.91 Å². The van der Waals surface area contributed by atoms with Crippen LogP contribution in [-0.2, 0) is 11.3 Å². The van der Waals surface area contributed by atoms with Gasteiger partial charge in [0.2, 0.25) is 0 Å². The van der Waals surface area contributed by atoms with E-state index in [9.17, 15) is 9.59 Å². The number of imidazole rings is 1. The van der Waals surface area contributed by atoms with E-state index in [1.165, 1.54) is 0 Å². The Morgan fingerprint density at radius 1 is 1.10 bits per heavy atom. The van der Waals surface area contributed by atoms with Crippen molar-refractivity contribution in [1.29, 1.82) is 0 Å². The molecule has 2 aromatic rings. The van der Waals surface area contributed by atoms with E-state index in [-0.39, 0.29) is 12.0 Å². The predicted octanol–water partition coefficient (Wildman–Crippen LogP) is 2.60. The second kappa shape index (κ2) is 10.4. The highest BCUT2D eigenvalue weighted by Gasteiger charge is 2.25. The molecule has 1 aliphatic rings. The number of carbonyl (C=O) groups excluding carboxylic acids is 2. The molecule has 0 radical (unpaired) electrons. The summed E-state index contributed by atoms with van der Waals surface area (Å²) in [5.41, 5.74) is 1.33. The van der Waals surface area contributed by atoms with Gasteiger partial charge >= 0.3 is 6.09 Å². The minimum Gasteiger partial charge on any atom is -0.444 e. The van der Waals surface area contributed by atoms with Crippen LogP contribution >= 0.6 is 0 Å². The summed E-state index contributed by atoms with van der Waals surface area (Å²) in [5.74, 6) is -0.0519. The first-order chi connectivity index (χ1) is 14.8. The van der Waals surface area contributed by atoms with E-state index in [2.05, 4.69) is 15.2 Å². The second-order valence-electron chi connectivity index (χ2n) is 8.85. The first kappa shape index (κ1) is 22.8. The third kappa shape index (κ3) is 7.40. The maximum atomic E-state index is 12.4. The van der Waals surface area contributed by atoms with Gasteiger partial charge in [-0.15, -0.1) is 0 Å². The summed E-state index contributed by atoms with van der Waals surface area (Å²) in [7, 11) is 0. The highest BCUT2D eigenvalue weighted by atomic mass is 16.6. The van der Waals surface area contributed by atoms with E-state index in [1.54, 1.807) is 17.4 Å². The minimum atomic E-state index is -0.465. The molecule has 8 nitrogen and oxygen atoms in total. The third-order valence-corrected chi connectivity index (χ3v) is 5.10. The van der Waals surface area contributed by atoms with Gasteiger partial charge in [-0.05, 0) is 51.4 Å². The van der Waals surface area contributed by atoms with E-state index >= 15 is 0 Å². The first-order valence-corrected chi connectivity index (χ1v) is 10.8. The van der Waals surface area contributed by atoms with Crippen LogP contribution < -0.4 is 5.32 Å². The Balaban J connectivity index is 1.32. The second-order valence-corrected chi connectivity index (χ2v) is 8.85. The van der Waals surface area contributed by atoms with Gasteiger partial charge in [-0.1, -0.05) is 12.1 Å². The van der Waals surface area contributed by atoms with Crippen LogP contribution in [0.3, 0.4) is 0 Å². The minimum absolute atomic E-state index is 0.0519. The lowest BCUT2D eigenvalue weighted by Crippen LogP contribution is -2.50. The van der Waals surface area contributed by atoms with Gasteiger partial charge in [-0.25, -0.2) is 9.78 Å². The summed E-state index contributed by atoms with van der Waals surface area (Å²) >= 11 is 0. The fourth-order valence-corrected chi connectivity index (χ4v) is 3.44. The van der Waals surface area contributed by atoms with Crippen molar-refractivity contribution < 1.29 is 14.3 Å². The van der Waals surface area contributed by atoms with Crippen molar-refractivity contribution >= 4 is 12.0 Å². The van der Waals surface area contributed by atoms with Gasteiger partial charge in [-0.3, -0.25) is 9.69 Å². The molecule has 0 bridgehead atoms. The van der Waals surface area contributed by atoms with E-state index in [4.69, 9.17) is 4.74 Å². The molecule has 1 fully saturated rings. The quantitative estimate of drug-likeness (QED) is 0.687. The van der Waals surface area contributed by atoms with Crippen LogP contribution in [0, 0.1) is 0 Å². The van der Waals surface area contributed by atoms with Crippen molar-refractivity contribution in [2.45, 2.75) is 39.3 Å². The Morgan fingerprint density at radius 2 is 1.81 bits per heavy atom. The molecule has 1 N–H and O–H groups in total. The molecule has 0 spiro atoms. The number of carbonyl (C=O) groups is 2. The monoisotopic (exact) mass is 427 g/mol. The van der Waals surface area contributed by atoms with E-state index < -0.39 is 5.60 Å². The summed E-state index contributed by atoms with van der Waals surface area (Å²) in [5, 5.41) is 2.99. The molecular weight excluding hydrogens is 394 g/mol. The molecule has 3 rings (SSSR count). The molecule has 1 aromatic carbocycles. The Bertz CT molecular complexity index is 835. The van der Waals surface area contributed by atoms with E-state index in [0.29, 0.717) is 25.2 Å². The number of nitrogens with one attached hydrogen (secondary N) is 1. The number of ether oxygens (including phenoxy) is 1. The number of piperazine rings is 1. The predicted molar refractivity (Wildman–Crippen MR) is 119 cm³/mol. The molecular formula is C23H33N5O3. The van der Waals surface area contributed by atoms with Gasteiger partial charge < -0.3 is 19.5 Å². The Hall–Kier alpha value is -2.87. The summed E-state index contributed by atoms with van der Waals surface area (Å²) in [6.07, 6.45) is 6.07. The van der Waals surface area contributed by atoms with Crippen molar-refractivity contribution in [2.75, 3.05) is 39.3 Å². The average Bonchev–Trinajstić information content (AvgIpc) is 3.24. The number of nitrogens with zero attached hydrogens (tertiary/aromatic N) is 4. The first-order valence-electron chi connectivity index (χ1n) is 10.8. The number of rotatable bonds is 7. The molecule has 2 heterocycles. The summed E-state index contributed by atoms with van der Waals surface area (Å²) in [6.45, 7) is 10.9. The summed E-state index contributed by atoms with van der Waals surface area (Å²) < 4.78 is 7.42. The summed E-state index contributed by atoms with van der Waals surface area (Å²) in [6, 6.07) is 7.66. The lowest BCUT2D eigenvalue weighted by molar-refractivity contribution is 0.0144. The molecule has 168 valence electrons. The normalized spacial score (nSPS) is 15.0. The van der Waals surface area contributed by atoms with Crippen molar-refractivity contribution in [2.24, 2.45) is 0 Å².